The van der Waals surface area contributed by atoms with Crippen molar-refractivity contribution < 1.29 is 24.2 Å². The number of benzene rings is 2. The van der Waals surface area contributed by atoms with Gasteiger partial charge in [-0.15, -0.1) is 0 Å². The molecule has 0 fully saturated rings. The van der Waals surface area contributed by atoms with Crippen LogP contribution in [-0.4, -0.2) is 23.5 Å². The lowest BCUT2D eigenvalue weighted by Crippen LogP contribution is -2.07. The van der Waals surface area contributed by atoms with Crippen LogP contribution in [0, 0.1) is 13.8 Å². The van der Waals surface area contributed by atoms with Crippen molar-refractivity contribution in [2.45, 2.75) is 46.5 Å². The van der Waals surface area contributed by atoms with E-state index in [2.05, 4.69) is 13.5 Å². The molecule has 0 unspecified atom stereocenters. The lowest BCUT2D eigenvalue weighted by Gasteiger charge is -2.12. The molecule has 0 radical (unpaired) electrons. The zero-order chi connectivity index (χ0) is 22.8. The molecule has 2 aromatic carbocycles. The van der Waals surface area contributed by atoms with Crippen LogP contribution in [0.5, 0.6) is 11.5 Å². The maximum atomic E-state index is 12.5. The van der Waals surface area contributed by atoms with E-state index >= 15 is 0 Å². The number of aryl methyl sites for hydroxylation is 2. The van der Waals surface area contributed by atoms with E-state index < -0.39 is 5.97 Å². The van der Waals surface area contributed by atoms with Crippen LogP contribution < -0.4 is 9.47 Å². The van der Waals surface area contributed by atoms with Gasteiger partial charge in [-0.05, 0) is 86.0 Å². The molecule has 0 spiro atoms. The fourth-order valence-electron chi connectivity index (χ4n) is 3.11. The van der Waals surface area contributed by atoms with Crippen molar-refractivity contribution in [3.05, 3.63) is 77.1 Å². The number of carboxylic acids is 1. The second-order valence-electron chi connectivity index (χ2n) is 7.45. The molecule has 0 saturated carbocycles. The van der Waals surface area contributed by atoms with Crippen LogP contribution in [0.2, 0.25) is 0 Å². The van der Waals surface area contributed by atoms with Gasteiger partial charge in [-0.1, -0.05) is 32.3 Å². The van der Waals surface area contributed by atoms with Gasteiger partial charge in [-0.2, -0.15) is 0 Å². The topological polar surface area (TPSA) is 72.8 Å². The van der Waals surface area contributed by atoms with Crippen LogP contribution >= 0.6 is 0 Å². The lowest BCUT2D eigenvalue weighted by molar-refractivity contribution is -0.135. The van der Waals surface area contributed by atoms with Crippen LogP contribution in [-0.2, 0) is 4.79 Å². The Bertz CT molecular complexity index is 931. The Labute approximate surface area is 184 Å². The smallest absolute Gasteiger partial charge is 0.371 e. The molecular weight excluding hydrogens is 392 g/mol. The van der Waals surface area contributed by atoms with Crippen molar-refractivity contribution in [2.24, 2.45) is 0 Å². The van der Waals surface area contributed by atoms with Crippen LogP contribution in [0.4, 0.5) is 0 Å². The Balaban J connectivity index is 1.99. The van der Waals surface area contributed by atoms with Gasteiger partial charge in [-0.3, -0.25) is 4.79 Å². The summed E-state index contributed by atoms with van der Waals surface area (Å²) in [5.41, 5.74) is 2.93. The summed E-state index contributed by atoms with van der Waals surface area (Å²) in [4.78, 5) is 23.4. The zero-order valence-corrected chi connectivity index (χ0v) is 18.4. The first-order chi connectivity index (χ1) is 14.8. The van der Waals surface area contributed by atoms with E-state index in [9.17, 15) is 9.59 Å². The predicted octanol–water partition coefficient (Wildman–Crippen LogP) is 6.14. The number of carboxylic acid groups (broad SMARTS) is 1. The fraction of sp³-hybridized carbons (Fsp3) is 0.308. The van der Waals surface area contributed by atoms with Gasteiger partial charge in [-0.25, -0.2) is 4.79 Å². The summed E-state index contributed by atoms with van der Waals surface area (Å²) >= 11 is 0. The number of ether oxygens (including phenoxy) is 2. The van der Waals surface area contributed by atoms with E-state index in [1.807, 2.05) is 38.1 Å². The summed E-state index contributed by atoms with van der Waals surface area (Å²) in [6.07, 6.45) is 7.86. The minimum absolute atomic E-state index is 0.107. The van der Waals surface area contributed by atoms with E-state index in [0.717, 1.165) is 35.3 Å². The van der Waals surface area contributed by atoms with Crippen molar-refractivity contribution in [3.8, 4) is 11.5 Å². The number of carbonyl (C=O) groups is 2. The molecule has 0 saturated heterocycles. The normalized spacial score (nSPS) is 10.8. The van der Waals surface area contributed by atoms with E-state index in [4.69, 9.17) is 14.6 Å². The molecule has 0 aliphatic carbocycles. The number of hydrogen-bond acceptors (Lipinski definition) is 4. The second kappa shape index (κ2) is 11.7. The third kappa shape index (κ3) is 7.45. The maximum Gasteiger partial charge on any atom is 0.371 e. The Kier molecular flexibility index (Phi) is 9.07. The minimum Gasteiger partial charge on any atom is -0.494 e. The first kappa shape index (κ1) is 23.9. The standard InChI is InChI=1S/C26H30O5/c1-5-6-7-8-15-30-23-12-10-22(11-13-23)24(27)14-9-21-16-18(2)25(19(3)17-21)31-20(4)26(28)29/h9-14,16-17H,4-8,15H2,1-3H3,(H,28,29)/b14-9+. The molecule has 1 N–H and O–H groups in total. The molecule has 0 aromatic heterocycles. The molecule has 31 heavy (non-hydrogen) atoms. The van der Waals surface area contributed by atoms with E-state index in [-0.39, 0.29) is 11.5 Å². The minimum atomic E-state index is -1.21. The van der Waals surface area contributed by atoms with Crippen LogP contribution in [0.15, 0.2) is 54.8 Å². The van der Waals surface area contributed by atoms with Gasteiger partial charge >= 0.3 is 5.97 Å². The van der Waals surface area contributed by atoms with Crippen molar-refractivity contribution >= 4 is 17.8 Å². The molecule has 164 valence electrons. The van der Waals surface area contributed by atoms with Gasteiger partial charge in [0.2, 0.25) is 5.76 Å². The van der Waals surface area contributed by atoms with E-state index in [1.54, 1.807) is 18.2 Å². The predicted molar refractivity (Wildman–Crippen MR) is 123 cm³/mol. The summed E-state index contributed by atoms with van der Waals surface area (Å²) in [5, 5.41) is 8.94. The highest BCUT2D eigenvalue weighted by atomic mass is 16.5. The number of hydrogen-bond donors (Lipinski definition) is 1. The monoisotopic (exact) mass is 422 g/mol. The summed E-state index contributed by atoms with van der Waals surface area (Å²) in [6, 6.07) is 10.8. The van der Waals surface area contributed by atoms with Crippen molar-refractivity contribution in [1.29, 1.82) is 0 Å². The summed E-state index contributed by atoms with van der Waals surface area (Å²) in [5.74, 6) is -0.424. The average molecular weight is 423 g/mol. The lowest BCUT2D eigenvalue weighted by atomic mass is 10.0. The molecule has 0 amide bonds. The van der Waals surface area contributed by atoms with Crippen LogP contribution in [0.25, 0.3) is 6.08 Å². The molecule has 0 heterocycles. The fourth-order valence-corrected chi connectivity index (χ4v) is 3.11. The maximum absolute atomic E-state index is 12.5. The summed E-state index contributed by atoms with van der Waals surface area (Å²) in [7, 11) is 0. The van der Waals surface area contributed by atoms with Crippen molar-refractivity contribution in [2.75, 3.05) is 6.61 Å². The van der Waals surface area contributed by atoms with Gasteiger partial charge in [0, 0.05) is 5.56 Å². The highest BCUT2D eigenvalue weighted by molar-refractivity contribution is 6.06. The van der Waals surface area contributed by atoms with Crippen molar-refractivity contribution in [1.82, 2.24) is 0 Å². The molecule has 0 atom stereocenters. The molecule has 2 aromatic rings. The Morgan fingerprint density at radius 2 is 1.68 bits per heavy atom. The van der Waals surface area contributed by atoms with E-state index in [1.165, 1.54) is 18.9 Å². The number of ketones is 1. The highest BCUT2D eigenvalue weighted by Gasteiger charge is 2.12. The van der Waals surface area contributed by atoms with Gasteiger partial charge in [0.1, 0.15) is 11.5 Å². The first-order valence-electron chi connectivity index (χ1n) is 10.5. The van der Waals surface area contributed by atoms with E-state index in [0.29, 0.717) is 17.9 Å². The van der Waals surface area contributed by atoms with Gasteiger partial charge in [0.05, 0.1) is 6.61 Å². The molecule has 0 bridgehead atoms. The molecule has 5 nitrogen and oxygen atoms in total. The summed E-state index contributed by atoms with van der Waals surface area (Å²) in [6.45, 7) is 9.89. The third-order valence-electron chi connectivity index (χ3n) is 4.78. The molecule has 2 rings (SSSR count). The third-order valence-corrected chi connectivity index (χ3v) is 4.78. The molecule has 0 aliphatic rings. The number of unbranched alkanes of at least 4 members (excludes halogenated alkanes) is 3. The summed E-state index contributed by atoms with van der Waals surface area (Å²) < 4.78 is 11.1. The average Bonchev–Trinajstić information content (AvgIpc) is 2.74. The van der Waals surface area contributed by atoms with Crippen LogP contribution in [0.1, 0.15) is 59.7 Å². The quantitative estimate of drug-likeness (QED) is 0.193. The second-order valence-corrected chi connectivity index (χ2v) is 7.45. The zero-order valence-electron chi connectivity index (χ0n) is 18.4. The SMILES string of the molecule is C=C(Oc1c(C)cc(/C=C/C(=O)c2ccc(OCCCCCC)cc2)cc1C)C(=O)O. The van der Waals surface area contributed by atoms with Crippen LogP contribution in [0.3, 0.4) is 0 Å². The Hall–Kier alpha value is -3.34. The number of aliphatic carboxylic acids is 1. The Morgan fingerprint density at radius 1 is 1.03 bits per heavy atom. The number of allylic oxidation sites excluding steroid dienone is 1. The molecular formula is C26H30O5. The highest BCUT2D eigenvalue weighted by Crippen LogP contribution is 2.27. The number of rotatable bonds is 12. The van der Waals surface area contributed by atoms with Gasteiger partial charge < -0.3 is 14.6 Å². The molecule has 5 heteroatoms. The molecule has 0 aliphatic heterocycles. The van der Waals surface area contributed by atoms with Gasteiger partial charge in [0.15, 0.2) is 5.78 Å². The number of carbonyl (C=O) groups excluding carboxylic acids is 1. The van der Waals surface area contributed by atoms with Crippen molar-refractivity contribution in [3.63, 3.8) is 0 Å². The largest absolute Gasteiger partial charge is 0.494 e. The van der Waals surface area contributed by atoms with Gasteiger partial charge in [0.25, 0.3) is 0 Å². The Morgan fingerprint density at radius 3 is 2.26 bits per heavy atom. The first-order valence-corrected chi connectivity index (χ1v) is 10.5.